The molecule has 0 radical (unpaired) electrons. The van der Waals surface area contributed by atoms with Crippen molar-refractivity contribution in [3.05, 3.63) is 66.4 Å². The monoisotopic (exact) mass is 458 g/mol. The number of anilines is 5. The lowest BCUT2D eigenvalue weighted by atomic mass is 10.1. The Hall–Kier alpha value is -3.94. The molecule has 1 atom stereocenters. The molecule has 0 unspecified atom stereocenters. The normalized spacial score (nSPS) is 15.3. The minimum absolute atomic E-state index is 0.0341. The average Bonchev–Trinajstić information content (AvgIpc) is 3.23. The molecule has 176 valence electrons. The molecule has 0 spiro atoms. The number of rotatable bonds is 8. The Balaban J connectivity index is 1.38. The quantitative estimate of drug-likeness (QED) is 0.521. The van der Waals surface area contributed by atoms with Gasteiger partial charge >= 0.3 is 0 Å². The van der Waals surface area contributed by atoms with Gasteiger partial charge in [-0.3, -0.25) is 9.59 Å². The first kappa shape index (κ1) is 23.2. The molecule has 8 heteroatoms. The summed E-state index contributed by atoms with van der Waals surface area (Å²) in [6.45, 7) is 8.27. The molecule has 0 bridgehead atoms. The minimum atomic E-state index is -0.385. The van der Waals surface area contributed by atoms with Crippen molar-refractivity contribution < 1.29 is 9.59 Å². The van der Waals surface area contributed by atoms with Crippen LogP contribution in [0, 0.1) is 12.8 Å². The maximum Gasteiger partial charge on any atom is 0.229 e. The number of nitrogens with one attached hydrogen (secondary N) is 2. The lowest BCUT2D eigenvalue weighted by Gasteiger charge is -2.20. The second-order valence-corrected chi connectivity index (χ2v) is 8.30. The summed E-state index contributed by atoms with van der Waals surface area (Å²) in [5, 5.41) is 6.17. The van der Waals surface area contributed by atoms with E-state index in [1.54, 1.807) is 4.90 Å². The van der Waals surface area contributed by atoms with Crippen molar-refractivity contribution in [3.63, 3.8) is 0 Å². The van der Waals surface area contributed by atoms with Gasteiger partial charge in [0.2, 0.25) is 17.8 Å². The van der Waals surface area contributed by atoms with Gasteiger partial charge in [-0.05, 0) is 57.2 Å². The van der Waals surface area contributed by atoms with Gasteiger partial charge in [0.1, 0.15) is 5.82 Å². The molecule has 8 nitrogen and oxygen atoms in total. The van der Waals surface area contributed by atoms with E-state index in [0.29, 0.717) is 18.2 Å². The predicted octanol–water partition coefficient (Wildman–Crippen LogP) is 4.37. The number of carbonyl (C=O) groups is 2. The molecule has 3 aromatic rings. The SMILES string of the molecule is CCN(CC)c1cc(C)nc(Nc2ccc(NC(=O)[C@H]3CC(=O)N(c4ccccc4)C3)cc2)n1. The van der Waals surface area contributed by atoms with Crippen molar-refractivity contribution in [2.45, 2.75) is 27.2 Å². The van der Waals surface area contributed by atoms with E-state index < -0.39 is 0 Å². The Bertz CT molecular complexity index is 1150. The van der Waals surface area contributed by atoms with Crippen LogP contribution in [0.3, 0.4) is 0 Å². The van der Waals surface area contributed by atoms with Gasteiger partial charge in [-0.2, -0.15) is 4.98 Å². The van der Waals surface area contributed by atoms with Crippen LogP contribution in [0.1, 0.15) is 26.0 Å². The van der Waals surface area contributed by atoms with Crippen molar-refractivity contribution in [3.8, 4) is 0 Å². The van der Waals surface area contributed by atoms with E-state index in [-0.39, 0.29) is 24.2 Å². The Labute approximate surface area is 200 Å². The molecule has 34 heavy (non-hydrogen) atoms. The summed E-state index contributed by atoms with van der Waals surface area (Å²) in [5.41, 5.74) is 3.20. The number of aromatic nitrogens is 2. The highest BCUT2D eigenvalue weighted by Crippen LogP contribution is 2.26. The van der Waals surface area contributed by atoms with Crippen molar-refractivity contribution in [2.75, 3.05) is 40.1 Å². The maximum absolute atomic E-state index is 12.8. The number of aryl methyl sites for hydroxylation is 1. The molecule has 1 fully saturated rings. The highest BCUT2D eigenvalue weighted by molar-refractivity contribution is 6.03. The van der Waals surface area contributed by atoms with Crippen LogP contribution >= 0.6 is 0 Å². The molecule has 2 heterocycles. The fourth-order valence-electron chi connectivity index (χ4n) is 4.07. The van der Waals surface area contributed by atoms with Gasteiger partial charge in [0.05, 0.1) is 5.92 Å². The number of hydrogen-bond donors (Lipinski definition) is 2. The third-order valence-corrected chi connectivity index (χ3v) is 5.90. The van der Waals surface area contributed by atoms with Crippen molar-refractivity contribution in [1.82, 2.24) is 9.97 Å². The summed E-state index contributed by atoms with van der Waals surface area (Å²) in [5.74, 6) is 0.847. The molecular weight excluding hydrogens is 428 g/mol. The zero-order chi connectivity index (χ0) is 24.1. The summed E-state index contributed by atoms with van der Waals surface area (Å²) < 4.78 is 0. The number of carbonyl (C=O) groups excluding carboxylic acids is 2. The molecule has 2 aromatic carbocycles. The zero-order valence-electron chi connectivity index (χ0n) is 19.8. The fourth-order valence-corrected chi connectivity index (χ4v) is 4.07. The van der Waals surface area contributed by atoms with Crippen molar-refractivity contribution >= 4 is 40.6 Å². The second kappa shape index (κ2) is 10.3. The second-order valence-electron chi connectivity index (χ2n) is 8.30. The number of hydrogen-bond acceptors (Lipinski definition) is 6. The Morgan fingerprint density at radius 1 is 1.03 bits per heavy atom. The molecule has 1 saturated heterocycles. The van der Waals surface area contributed by atoms with E-state index >= 15 is 0 Å². The standard InChI is InChI=1S/C26H30N6O2/c1-4-31(5-2)23-15-18(3)27-26(30-23)29-21-13-11-20(12-14-21)28-25(34)19-16-24(33)32(17-19)22-9-7-6-8-10-22/h6-15,19H,4-5,16-17H2,1-3H3,(H,28,34)(H,27,29,30)/t19-/m0/s1. The molecule has 2 amide bonds. The van der Waals surface area contributed by atoms with E-state index in [2.05, 4.69) is 39.3 Å². The molecule has 4 rings (SSSR count). The molecule has 1 aliphatic heterocycles. The Morgan fingerprint density at radius 2 is 1.71 bits per heavy atom. The molecular formula is C26H30N6O2. The highest BCUT2D eigenvalue weighted by atomic mass is 16.2. The Kier molecular flexibility index (Phi) is 7.06. The van der Waals surface area contributed by atoms with Crippen LogP contribution in [-0.4, -0.2) is 41.4 Å². The van der Waals surface area contributed by atoms with Gasteiger partial charge in [0, 0.05) is 54.9 Å². The van der Waals surface area contributed by atoms with Gasteiger partial charge in [0.25, 0.3) is 0 Å². The van der Waals surface area contributed by atoms with Crippen molar-refractivity contribution in [1.29, 1.82) is 0 Å². The summed E-state index contributed by atoms with van der Waals surface area (Å²) in [7, 11) is 0. The first-order valence-electron chi connectivity index (χ1n) is 11.6. The average molecular weight is 459 g/mol. The summed E-state index contributed by atoms with van der Waals surface area (Å²) >= 11 is 0. The van der Waals surface area contributed by atoms with Crippen LogP contribution in [0.2, 0.25) is 0 Å². The van der Waals surface area contributed by atoms with Crippen LogP contribution in [0.4, 0.5) is 28.8 Å². The van der Waals surface area contributed by atoms with E-state index in [1.165, 1.54) is 0 Å². The third kappa shape index (κ3) is 5.33. The van der Waals surface area contributed by atoms with E-state index in [9.17, 15) is 9.59 Å². The lowest BCUT2D eigenvalue weighted by molar-refractivity contribution is -0.122. The van der Waals surface area contributed by atoms with Gasteiger partial charge in [-0.25, -0.2) is 4.98 Å². The fraction of sp³-hybridized carbons (Fsp3) is 0.308. The van der Waals surface area contributed by atoms with E-state index in [1.807, 2.05) is 67.6 Å². The van der Waals surface area contributed by atoms with Crippen LogP contribution in [0.15, 0.2) is 60.7 Å². The molecule has 0 saturated carbocycles. The highest BCUT2D eigenvalue weighted by Gasteiger charge is 2.35. The van der Waals surface area contributed by atoms with E-state index in [4.69, 9.17) is 0 Å². The van der Waals surface area contributed by atoms with Gasteiger partial charge in [-0.1, -0.05) is 18.2 Å². The van der Waals surface area contributed by atoms with Crippen LogP contribution in [-0.2, 0) is 9.59 Å². The largest absolute Gasteiger partial charge is 0.357 e. The number of nitrogens with zero attached hydrogens (tertiary/aromatic N) is 4. The van der Waals surface area contributed by atoms with Crippen LogP contribution in [0.25, 0.3) is 0 Å². The first-order valence-corrected chi connectivity index (χ1v) is 11.6. The van der Waals surface area contributed by atoms with Gasteiger partial charge in [0.15, 0.2) is 0 Å². The zero-order valence-corrected chi connectivity index (χ0v) is 19.8. The minimum Gasteiger partial charge on any atom is -0.357 e. The van der Waals surface area contributed by atoms with Gasteiger partial charge in [-0.15, -0.1) is 0 Å². The lowest BCUT2D eigenvalue weighted by Crippen LogP contribution is -2.28. The smallest absolute Gasteiger partial charge is 0.229 e. The molecule has 2 N–H and O–H groups in total. The first-order chi connectivity index (χ1) is 16.5. The summed E-state index contributed by atoms with van der Waals surface area (Å²) in [6.07, 6.45) is 0.208. The van der Waals surface area contributed by atoms with Crippen molar-refractivity contribution in [2.24, 2.45) is 5.92 Å². The predicted molar refractivity (Wildman–Crippen MR) is 136 cm³/mol. The molecule has 1 aromatic heterocycles. The Morgan fingerprint density at radius 3 is 2.38 bits per heavy atom. The number of benzene rings is 2. The third-order valence-electron chi connectivity index (χ3n) is 5.90. The number of para-hydroxylation sites is 1. The summed E-state index contributed by atoms with van der Waals surface area (Å²) in [6, 6.07) is 18.8. The molecule has 0 aliphatic carbocycles. The maximum atomic E-state index is 12.8. The van der Waals surface area contributed by atoms with Crippen LogP contribution in [0.5, 0.6) is 0 Å². The topological polar surface area (TPSA) is 90.5 Å². The summed E-state index contributed by atoms with van der Waals surface area (Å²) in [4.78, 5) is 38.2. The van der Waals surface area contributed by atoms with E-state index in [0.717, 1.165) is 36.0 Å². The molecule has 1 aliphatic rings. The number of amides is 2. The van der Waals surface area contributed by atoms with Crippen LogP contribution < -0.4 is 20.4 Å². The van der Waals surface area contributed by atoms with Gasteiger partial charge < -0.3 is 20.4 Å².